The number of ether oxygens (including phenoxy) is 2. The van der Waals surface area contributed by atoms with Crippen LogP contribution >= 0.6 is 0 Å². The molecule has 0 aliphatic carbocycles. The molecule has 31 heavy (non-hydrogen) atoms. The van der Waals surface area contributed by atoms with Crippen molar-refractivity contribution in [3.63, 3.8) is 0 Å². The first kappa shape index (κ1) is 27.2. The molecular formula is C24H44N2O5. The van der Waals surface area contributed by atoms with Gasteiger partial charge in [0.2, 0.25) is 5.91 Å². The van der Waals surface area contributed by atoms with Gasteiger partial charge in [0.15, 0.2) is 0 Å². The second-order valence-electron chi connectivity index (χ2n) is 9.51. The standard InChI is InChI=1S/C24H44N2O5/c1-6-7-8-9-10-11-14-19(15-12-17-21(27)25-5)30-22(28)20-16-13-18-26(20)23(29)31-24(2,3)4/h19-20H,6-18H2,1-5H3,(H,25,27)/t19-,20?/m1/s1. The molecule has 2 atom stereocenters. The highest BCUT2D eigenvalue weighted by molar-refractivity contribution is 5.82. The van der Waals surface area contributed by atoms with Gasteiger partial charge in [0.05, 0.1) is 0 Å². The van der Waals surface area contributed by atoms with Crippen LogP contribution in [-0.4, -0.2) is 54.2 Å². The van der Waals surface area contributed by atoms with Crippen LogP contribution in [0.25, 0.3) is 0 Å². The molecule has 1 unspecified atom stereocenters. The number of nitrogens with one attached hydrogen (secondary N) is 1. The molecule has 180 valence electrons. The summed E-state index contributed by atoms with van der Waals surface area (Å²) in [5.74, 6) is -0.351. The summed E-state index contributed by atoms with van der Waals surface area (Å²) >= 11 is 0. The Kier molecular flexibility index (Phi) is 12.6. The normalized spacial score (nSPS) is 17.3. The fraction of sp³-hybridized carbons (Fsp3) is 0.875. The fourth-order valence-corrected chi connectivity index (χ4v) is 3.82. The number of hydrogen-bond acceptors (Lipinski definition) is 5. The number of carbonyl (C=O) groups is 3. The molecule has 1 fully saturated rings. The maximum Gasteiger partial charge on any atom is 0.411 e. The quantitative estimate of drug-likeness (QED) is 0.323. The Hall–Kier alpha value is -1.79. The van der Waals surface area contributed by atoms with Gasteiger partial charge < -0.3 is 14.8 Å². The Bertz CT molecular complexity index is 559. The lowest BCUT2D eigenvalue weighted by Crippen LogP contribution is -2.44. The highest BCUT2D eigenvalue weighted by Crippen LogP contribution is 2.24. The third-order valence-electron chi connectivity index (χ3n) is 5.52. The van der Waals surface area contributed by atoms with Gasteiger partial charge in [-0.1, -0.05) is 39.0 Å². The van der Waals surface area contributed by atoms with Gasteiger partial charge in [-0.2, -0.15) is 0 Å². The summed E-state index contributed by atoms with van der Waals surface area (Å²) in [5.41, 5.74) is -0.603. The topological polar surface area (TPSA) is 84.9 Å². The minimum Gasteiger partial charge on any atom is -0.461 e. The number of unbranched alkanes of at least 4 members (excludes halogenated alkanes) is 5. The highest BCUT2D eigenvalue weighted by Gasteiger charge is 2.38. The van der Waals surface area contributed by atoms with E-state index in [0.29, 0.717) is 32.2 Å². The van der Waals surface area contributed by atoms with Crippen molar-refractivity contribution in [1.29, 1.82) is 0 Å². The van der Waals surface area contributed by atoms with Gasteiger partial charge in [0.1, 0.15) is 17.7 Å². The Morgan fingerprint density at radius 2 is 1.68 bits per heavy atom. The zero-order valence-corrected chi connectivity index (χ0v) is 20.3. The molecule has 0 bridgehead atoms. The maximum atomic E-state index is 12.9. The summed E-state index contributed by atoms with van der Waals surface area (Å²) < 4.78 is 11.3. The van der Waals surface area contributed by atoms with E-state index in [1.165, 1.54) is 30.6 Å². The van der Waals surface area contributed by atoms with Crippen LogP contribution in [0.3, 0.4) is 0 Å². The zero-order valence-electron chi connectivity index (χ0n) is 20.3. The number of nitrogens with zero attached hydrogens (tertiary/aromatic N) is 1. The molecular weight excluding hydrogens is 396 g/mol. The average molecular weight is 441 g/mol. The number of amides is 2. The first-order valence-corrected chi connectivity index (χ1v) is 12.1. The number of carbonyl (C=O) groups excluding carboxylic acids is 3. The van der Waals surface area contributed by atoms with Crippen molar-refractivity contribution in [3.8, 4) is 0 Å². The van der Waals surface area contributed by atoms with Gasteiger partial charge in [-0.25, -0.2) is 9.59 Å². The Morgan fingerprint density at radius 1 is 1.03 bits per heavy atom. The first-order chi connectivity index (χ1) is 14.7. The number of hydrogen-bond donors (Lipinski definition) is 1. The minimum absolute atomic E-state index is 0.00321. The van der Waals surface area contributed by atoms with E-state index in [0.717, 1.165) is 25.7 Å². The lowest BCUT2D eigenvalue weighted by Gasteiger charge is -2.28. The van der Waals surface area contributed by atoms with Crippen LogP contribution in [-0.2, 0) is 19.1 Å². The average Bonchev–Trinajstić information content (AvgIpc) is 3.19. The molecule has 1 saturated heterocycles. The summed E-state index contributed by atoms with van der Waals surface area (Å²) in [4.78, 5) is 38.4. The number of likely N-dealkylation sites (tertiary alicyclic amines) is 1. The van der Waals surface area contributed by atoms with E-state index in [1.54, 1.807) is 7.05 Å². The van der Waals surface area contributed by atoms with Crippen LogP contribution in [0, 0.1) is 0 Å². The summed E-state index contributed by atoms with van der Waals surface area (Å²) in [6.07, 6.45) is 10.3. The van der Waals surface area contributed by atoms with Crippen LogP contribution in [0.15, 0.2) is 0 Å². The van der Waals surface area contributed by atoms with Crippen molar-refractivity contribution in [1.82, 2.24) is 10.2 Å². The fourth-order valence-electron chi connectivity index (χ4n) is 3.82. The zero-order chi connectivity index (χ0) is 23.3. The van der Waals surface area contributed by atoms with Gasteiger partial charge in [-0.3, -0.25) is 9.69 Å². The molecule has 7 heteroatoms. The maximum absolute atomic E-state index is 12.9. The number of rotatable bonds is 13. The van der Waals surface area contributed by atoms with E-state index < -0.39 is 17.7 Å². The van der Waals surface area contributed by atoms with E-state index >= 15 is 0 Å². The smallest absolute Gasteiger partial charge is 0.411 e. The van der Waals surface area contributed by atoms with Gasteiger partial charge in [-0.15, -0.1) is 0 Å². The Morgan fingerprint density at radius 3 is 2.32 bits per heavy atom. The predicted octanol–water partition coefficient (Wildman–Crippen LogP) is 4.96. The first-order valence-electron chi connectivity index (χ1n) is 12.1. The van der Waals surface area contributed by atoms with E-state index in [1.807, 2.05) is 20.8 Å². The van der Waals surface area contributed by atoms with E-state index in [-0.39, 0.29) is 18.0 Å². The highest BCUT2D eigenvalue weighted by atomic mass is 16.6. The third-order valence-corrected chi connectivity index (χ3v) is 5.52. The van der Waals surface area contributed by atoms with Gasteiger partial charge in [-0.05, 0) is 59.3 Å². The van der Waals surface area contributed by atoms with Crippen molar-refractivity contribution in [3.05, 3.63) is 0 Å². The van der Waals surface area contributed by atoms with Crippen molar-refractivity contribution < 1.29 is 23.9 Å². The SMILES string of the molecule is CCCCCCCC[C@H](CCCC(=O)NC)OC(=O)C1CCCN1C(=O)OC(C)(C)C. The molecule has 0 saturated carbocycles. The lowest BCUT2D eigenvalue weighted by molar-refractivity contribution is -0.155. The molecule has 7 nitrogen and oxygen atoms in total. The van der Waals surface area contributed by atoms with Crippen molar-refractivity contribution in [2.45, 2.75) is 122 Å². The molecule has 0 radical (unpaired) electrons. The van der Waals surface area contributed by atoms with E-state index in [2.05, 4.69) is 12.2 Å². The van der Waals surface area contributed by atoms with Crippen molar-refractivity contribution >= 4 is 18.0 Å². The summed E-state index contributed by atoms with van der Waals surface area (Å²) in [6.45, 7) is 8.16. The van der Waals surface area contributed by atoms with Crippen molar-refractivity contribution in [2.75, 3.05) is 13.6 Å². The van der Waals surface area contributed by atoms with Crippen molar-refractivity contribution in [2.24, 2.45) is 0 Å². The molecule has 0 aromatic heterocycles. The molecule has 1 rings (SSSR count). The van der Waals surface area contributed by atoms with Crippen LogP contribution in [0.4, 0.5) is 4.79 Å². The van der Waals surface area contributed by atoms with E-state index in [4.69, 9.17) is 9.47 Å². The Balaban J connectivity index is 2.61. The summed E-state index contributed by atoms with van der Waals surface area (Å²) in [6, 6.07) is -0.583. The summed E-state index contributed by atoms with van der Waals surface area (Å²) in [5, 5.41) is 2.63. The van der Waals surface area contributed by atoms with Crippen LogP contribution < -0.4 is 5.32 Å². The molecule has 0 aromatic rings. The van der Waals surface area contributed by atoms with E-state index in [9.17, 15) is 14.4 Å². The molecule has 1 N–H and O–H groups in total. The van der Waals surface area contributed by atoms with Crippen LogP contribution in [0.2, 0.25) is 0 Å². The predicted molar refractivity (Wildman–Crippen MR) is 122 cm³/mol. The molecule has 1 aliphatic heterocycles. The molecule has 1 heterocycles. The molecule has 0 spiro atoms. The second kappa shape index (κ2) is 14.3. The van der Waals surface area contributed by atoms with Gasteiger partial charge >= 0.3 is 12.1 Å². The molecule has 2 amide bonds. The lowest BCUT2D eigenvalue weighted by atomic mass is 10.0. The summed E-state index contributed by atoms with van der Waals surface area (Å²) in [7, 11) is 1.63. The van der Waals surface area contributed by atoms with Crippen LogP contribution in [0.5, 0.6) is 0 Å². The second-order valence-corrected chi connectivity index (χ2v) is 9.51. The molecule has 0 aromatic carbocycles. The third kappa shape index (κ3) is 11.4. The van der Waals surface area contributed by atoms with Crippen LogP contribution in [0.1, 0.15) is 105 Å². The van der Waals surface area contributed by atoms with Gasteiger partial charge in [0.25, 0.3) is 0 Å². The Labute approximate surface area is 188 Å². The van der Waals surface area contributed by atoms with Gasteiger partial charge in [0, 0.05) is 20.0 Å². The minimum atomic E-state index is -0.603. The largest absolute Gasteiger partial charge is 0.461 e. The number of esters is 1. The monoisotopic (exact) mass is 440 g/mol. The molecule has 1 aliphatic rings.